The lowest BCUT2D eigenvalue weighted by atomic mass is 9.97. The molecular formula is C45H52ClN9O4S. The van der Waals surface area contributed by atoms with Crippen molar-refractivity contribution in [2.75, 3.05) is 56.6 Å². The number of rotatable bonds is 5. The maximum Gasteiger partial charge on any atom is 0.352 e. The van der Waals surface area contributed by atoms with Gasteiger partial charge in [-0.05, 0) is 92.4 Å². The highest BCUT2D eigenvalue weighted by atomic mass is 35.5. The highest BCUT2D eigenvalue weighted by Gasteiger charge is 2.29. The molecule has 0 spiro atoms. The average Bonchev–Trinajstić information content (AvgIpc) is 3.86. The van der Waals surface area contributed by atoms with Gasteiger partial charge in [-0.1, -0.05) is 17.7 Å². The van der Waals surface area contributed by atoms with Crippen molar-refractivity contribution in [2.45, 2.75) is 56.0 Å². The van der Waals surface area contributed by atoms with Crippen LogP contribution < -0.4 is 25.0 Å². The lowest BCUT2D eigenvalue weighted by molar-refractivity contribution is 0.0685. The molecule has 13 nitrogen and oxygen atoms in total. The predicted molar refractivity (Wildman–Crippen MR) is 238 cm³/mol. The normalized spacial score (nSPS) is 16.4. The van der Waals surface area contributed by atoms with Crippen molar-refractivity contribution in [1.29, 1.82) is 0 Å². The molecule has 3 N–H and O–H groups in total. The lowest BCUT2D eigenvalue weighted by Gasteiger charge is -2.29. The molecule has 1 saturated heterocycles. The molecule has 0 unspecified atom stereocenters. The number of aromatic nitrogens is 5. The van der Waals surface area contributed by atoms with Gasteiger partial charge >= 0.3 is 5.97 Å². The third kappa shape index (κ3) is 7.93. The number of aryl methyl sites for hydroxylation is 5. The van der Waals surface area contributed by atoms with Crippen LogP contribution in [0.15, 0.2) is 59.5 Å². The van der Waals surface area contributed by atoms with Crippen LogP contribution in [-0.2, 0) is 59.4 Å². The van der Waals surface area contributed by atoms with Gasteiger partial charge in [0.2, 0.25) is 0 Å². The molecule has 1 fully saturated rings. The van der Waals surface area contributed by atoms with Gasteiger partial charge in [-0.25, -0.2) is 4.79 Å². The molecule has 0 saturated carbocycles. The number of aromatic carboxylic acids is 1. The first-order valence-electron chi connectivity index (χ1n) is 20.8. The Morgan fingerprint density at radius 3 is 2.55 bits per heavy atom. The maximum atomic E-state index is 13.1. The minimum Gasteiger partial charge on any atom is -0.491 e. The Hall–Kier alpha value is -5.15. The zero-order valence-corrected chi connectivity index (χ0v) is 36.3. The van der Waals surface area contributed by atoms with Crippen molar-refractivity contribution in [3.8, 4) is 22.6 Å². The summed E-state index contributed by atoms with van der Waals surface area (Å²) < 4.78 is 18.7. The summed E-state index contributed by atoms with van der Waals surface area (Å²) in [6, 6.07) is 18.7. The molecule has 0 atom stereocenters. The van der Waals surface area contributed by atoms with Crippen molar-refractivity contribution in [2.24, 2.45) is 21.1 Å². The number of halogens is 1. The van der Waals surface area contributed by atoms with E-state index in [2.05, 4.69) is 57.8 Å². The summed E-state index contributed by atoms with van der Waals surface area (Å²) in [5.74, 6) is 1.36. The van der Waals surface area contributed by atoms with E-state index in [0.717, 1.165) is 118 Å². The number of hydrogen-bond acceptors (Lipinski definition) is 10. The zero-order chi connectivity index (χ0) is 41.5. The number of thioether (sulfide) groups is 1. The minimum atomic E-state index is -0.988. The molecule has 0 amide bonds. The molecule has 6 aromatic rings. The molecular weight excluding hydrogens is 798 g/mol. The minimum absolute atomic E-state index is 0.188. The Bertz CT molecular complexity index is 2560. The van der Waals surface area contributed by atoms with E-state index in [-0.39, 0.29) is 12.3 Å². The van der Waals surface area contributed by atoms with Crippen LogP contribution in [-0.4, -0.2) is 86.5 Å². The number of piperazine rings is 1. The quantitative estimate of drug-likeness (QED) is 0.162. The van der Waals surface area contributed by atoms with Gasteiger partial charge in [-0.2, -0.15) is 10.2 Å². The van der Waals surface area contributed by atoms with Crippen LogP contribution in [0.1, 0.15) is 57.2 Å². The second-order valence-corrected chi connectivity index (χ2v) is 17.5. The Morgan fingerprint density at radius 1 is 0.933 bits per heavy atom. The van der Waals surface area contributed by atoms with Gasteiger partial charge < -0.3 is 34.7 Å². The number of carbonyl (C=O) groups is 1. The van der Waals surface area contributed by atoms with Crippen LogP contribution in [0.2, 0.25) is 5.02 Å². The van der Waals surface area contributed by atoms with Crippen LogP contribution in [0.4, 0.5) is 11.4 Å². The number of nitrogens with one attached hydrogen (secondary N) is 2. The first kappa shape index (κ1) is 40.3. The fourth-order valence-electron chi connectivity index (χ4n) is 9.08. The van der Waals surface area contributed by atoms with Crippen molar-refractivity contribution >= 4 is 51.6 Å². The van der Waals surface area contributed by atoms with Gasteiger partial charge in [-0.3, -0.25) is 14.3 Å². The molecule has 0 radical (unpaired) electrons. The van der Waals surface area contributed by atoms with Crippen molar-refractivity contribution in [3.63, 3.8) is 0 Å². The first-order chi connectivity index (χ1) is 29.1. The number of carboxylic acids is 1. The summed E-state index contributed by atoms with van der Waals surface area (Å²) in [7, 11) is 7.86. The summed E-state index contributed by atoms with van der Waals surface area (Å²) in [6.07, 6.45) is 3.20. The van der Waals surface area contributed by atoms with Crippen LogP contribution in [0.25, 0.3) is 22.0 Å². The summed E-state index contributed by atoms with van der Waals surface area (Å²) in [5.41, 5.74) is 10.6. The predicted octanol–water partition coefficient (Wildman–Crippen LogP) is 7.26. The number of fused-ring (bicyclic) bond motifs is 8. The SMILES string of the molecule is CN1Cc2cc(n(C)n2)CSc2cc3c(c(c2)OCCCc2c(C(=O)O)n(C)c4c(c(Cl)ccc24)-c2c(COc4ccc(N5CCNCC5)cc4)nn(C)c2C1)NCCC3. The number of nitrogens with zero attached hydrogens (tertiary/aromatic N) is 7. The molecule has 314 valence electrons. The summed E-state index contributed by atoms with van der Waals surface area (Å²) >= 11 is 9.06. The number of ether oxygens (including phenoxy) is 2. The van der Waals surface area contributed by atoms with E-state index >= 15 is 0 Å². The monoisotopic (exact) mass is 849 g/mol. The summed E-state index contributed by atoms with van der Waals surface area (Å²) in [4.78, 5) is 18.9. The van der Waals surface area contributed by atoms with Crippen molar-refractivity contribution in [1.82, 2.24) is 34.3 Å². The van der Waals surface area contributed by atoms with E-state index in [9.17, 15) is 9.90 Å². The number of benzene rings is 3. The largest absolute Gasteiger partial charge is 0.491 e. The Balaban J connectivity index is 1.13. The Labute approximate surface area is 359 Å². The van der Waals surface area contributed by atoms with E-state index in [1.807, 2.05) is 54.8 Å². The van der Waals surface area contributed by atoms with Crippen LogP contribution in [0.3, 0.4) is 0 Å². The molecule has 3 aliphatic rings. The fourth-order valence-corrected chi connectivity index (χ4v) is 10.3. The lowest BCUT2D eigenvalue weighted by Crippen LogP contribution is -2.43. The van der Waals surface area contributed by atoms with E-state index in [1.54, 1.807) is 16.3 Å². The average molecular weight is 850 g/mol. The molecule has 8 bridgehead atoms. The number of carboxylic acid groups (broad SMARTS) is 1. The smallest absolute Gasteiger partial charge is 0.352 e. The fraction of sp³-hybridized carbons (Fsp3) is 0.400. The van der Waals surface area contributed by atoms with Gasteiger partial charge in [0.15, 0.2) is 0 Å². The first-order valence-corrected chi connectivity index (χ1v) is 22.1. The number of hydrogen-bond donors (Lipinski definition) is 3. The molecule has 3 aromatic heterocycles. The van der Waals surface area contributed by atoms with E-state index in [4.69, 9.17) is 31.3 Å². The molecule has 3 aliphatic heterocycles. The van der Waals surface area contributed by atoms with Gasteiger partial charge in [0.25, 0.3) is 0 Å². The second kappa shape index (κ2) is 17.1. The third-order valence-corrected chi connectivity index (χ3v) is 13.3. The molecule has 0 aliphatic carbocycles. The van der Waals surface area contributed by atoms with Gasteiger partial charge in [0, 0.05) is 105 Å². The Kier molecular flexibility index (Phi) is 11.5. The molecule has 15 heteroatoms. The molecule has 6 heterocycles. The van der Waals surface area contributed by atoms with Crippen molar-refractivity contribution < 1.29 is 19.4 Å². The standard InChI is InChI=1S/C45H52ClN9O4S/c1-51-24-29-22-31(53(3)49-29)27-60-33-21-28-7-5-15-48-42(28)39(23-33)58-20-6-8-34-35-13-14-36(46)40(43(35)52(2)44(34)45(56)57)41-37(50-54(4)38(41)25-51)26-59-32-11-9-30(10-12-32)55-18-16-47-17-19-55/h9-14,21-23,47-48H,5-8,15-20,24-27H2,1-4H3,(H,56,57). The summed E-state index contributed by atoms with van der Waals surface area (Å²) in [5, 5.41) is 29.1. The second-order valence-electron chi connectivity index (χ2n) is 16.1. The maximum absolute atomic E-state index is 13.1. The van der Waals surface area contributed by atoms with Crippen molar-refractivity contribution in [3.05, 3.63) is 99.2 Å². The van der Waals surface area contributed by atoms with E-state index in [1.165, 1.54) is 11.3 Å². The van der Waals surface area contributed by atoms with Crippen LogP contribution in [0, 0.1) is 0 Å². The highest BCUT2D eigenvalue weighted by molar-refractivity contribution is 7.98. The van der Waals surface area contributed by atoms with Crippen LogP contribution in [0.5, 0.6) is 11.5 Å². The molecule has 60 heavy (non-hydrogen) atoms. The van der Waals surface area contributed by atoms with E-state index in [0.29, 0.717) is 43.3 Å². The number of anilines is 2. The van der Waals surface area contributed by atoms with Gasteiger partial charge in [0.05, 0.1) is 34.2 Å². The highest BCUT2D eigenvalue weighted by Crippen LogP contribution is 2.43. The molecule has 9 rings (SSSR count). The van der Waals surface area contributed by atoms with Gasteiger partial charge in [-0.15, -0.1) is 11.8 Å². The summed E-state index contributed by atoms with van der Waals surface area (Å²) in [6.45, 7) is 6.52. The molecule has 3 aromatic carbocycles. The van der Waals surface area contributed by atoms with E-state index < -0.39 is 5.97 Å². The zero-order valence-electron chi connectivity index (χ0n) is 34.7. The van der Waals surface area contributed by atoms with Gasteiger partial charge in [0.1, 0.15) is 29.5 Å². The third-order valence-electron chi connectivity index (χ3n) is 12.0. The Morgan fingerprint density at radius 2 is 1.75 bits per heavy atom. The topological polar surface area (TPSA) is 127 Å². The van der Waals surface area contributed by atoms with Crippen LogP contribution >= 0.6 is 23.4 Å².